The lowest BCUT2D eigenvalue weighted by Crippen LogP contribution is -2.05. The first kappa shape index (κ1) is 20.1. The molecule has 0 saturated heterocycles. The maximum Gasteiger partial charge on any atom is 0.337 e. The summed E-state index contributed by atoms with van der Waals surface area (Å²) in [6.45, 7) is 1.50. The average Bonchev–Trinajstić information content (AvgIpc) is 2.70. The predicted molar refractivity (Wildman–Crippen MR) is 116 cm³/mol. The van der Waals surface area contributed by atoms with Crippen molar-refractivity contribution >= 4 is 28.9 Å². The van der Waals surface area contributed by atoms with Crippen molar-refractivity contribution in [3.05, 3.63) is 89.5 Å². The fourth-order valence-electron chi connectivity index (χ4n) is 3.14. The molecule has 5 heteroatoms. The molecule has 0 bridgehead atoms. The zero-order chi connectivity index (χ0) is 20.6. The van der Waals surface area contributed by atoms with E-state index in [4.69, 9.17) is 0 Å². The van der Waals surface area contributed by atoms with Crippen LogP contribution >= 0.6 is 0 Å². The Labute approximate surface area is 170 Å². The molecule has 0 aliphatic carbocycles. The molecule has 3 aromatic rings. The highest BCUT2D eigenvalue weighted by Crippen LogP contribution is 2.22. The number of hydrogen-bond donors (Lipinski definition) is 3. The summed E-state index contributed by atoms with van der Waals surface area (Å²) in [4.78, 5) is 22.4. The minimum absolute atomic E-state index is 0.0675. The van der Waals surface area contributed by atoms with Gasteiger partial charge in [-0.3, -0.25) is 4.79 Å². The zero-order valence-electron chi connectivity index (χ0n) is 16.3. The summed E-state index contributed by atoms with van der Waals surface area (Å²) >= 11 is 0. The van der Waals surface area contributed by atoms with E-state index in [1.54, 1.807) is 18.2 Å². The second kappa shape index (κ2) is 9.55. The number of amides is 1. The van der Waals surface area contributed by atoms with Crippen LogP contribution in [0.1, 0.15) is 34.8 Å². The number of benzene rings is 3. The summed E-state index contributed by atoms with van der Waals surface area (Å²) in [5, 5.41) is 15.2. The molecule has 29 heavy (non-hydrogen) atoms. The van der Waals surface area contributed by atoms with Gasteiger partial charge in [0, 0.05) is 18.3 Å². The minimum Gasteiger partial charge on any atom is -0.478 e. The molecule has 5 nitrogen and oxygen atoms in total. The van der Waals surface area contributed by atoms with Gasteiger partial charge in [-0.25, -0.2) is 4.79 Å². The van der Waals surface area contributed by atoms with Crippen molar-refractivity contribution in [2.75, 3.05) is 10.6 Å². The third kappa shape index (κ3) is 5.94. The van der Waals surface area contributed by atoms with Gasteiger partial charge in [-0.15, -0.1) is 0 Å². The normalized spacial score (nSPS) is 10.4. The minimum atomic E-state index is -0.949. The number of aromatic carboxylic acids is 1. The Bertz CT molecular complexity index is 980. The lowest BCUT2D eigenvalue weighted by Gasteiger charge is -2.10. The van der Waals surface area contributed by atoms with Gasteiger partial charge < -0.3 is 15.7 Å². The van der Waals surface area contributed by atoms with Crippen LogP contribution in [0.15, 0.2) is 72.8 Å². The molecule has 148 valence electrons. The van der Waals surface area contributed by atoms with Crippen LogP contribution in [0, 0.1) is 0 Å². The molecule has 0 atom stereocenters. The maximum absolute atomic E-state index is 11.3. The van der Waals surface area contributed by atoms with E-state index in [2.05, 4.69) is 22.8 Å². The van der Waals surface area contributed by atoms with Gasteiger partial charge in [0.2, 0.25) is 5.91 Å². The van der Waals surface area contributed by atoms with Gasteiger partial charge in [-0.1, -0.05) is 36.4 Å². The molecule has 1 amide bonds. The average molecular weight is 388 g/mol. The number of carbonyl (C=O) groups is 2. The Kier molecular flexibility index (Phi) is 6.63. The van der Waals surface area contributed by atoms with Crippen LogP contribution < -0.4 is 10.6 Å². The van der Waals surface area contributed by atoms with E-state index in [0.717, 1.165) is 30.6 Å². The van der Waals surface area contributed by atoms with Gasteiger partial charge in [0.1, 0.15) is 0 Å². The summed E-state index contributed by atoms with van der Waals surface area (Å²) in [6.07, 6.45) is 2.94. The van der Waals surface area contributed by atoms with Crippen molar-refractivity contribution in [2.45, 2.75) is 26.2 Å². The number of rotatable bonds is 8. The lowest BCUT2D eigenvalue weighted by molar-refractivity contribution is -0.114. The van der Waals surface area contributed by atoms with Gasteiger partial charge in [0.25, 0.3) is 0 Å². The van der Waals surface area contributed by atoms with E-state index in [0.29, 0.717) is 5.69 Å². The van der Waals surface area contributed by atoms with E-state index in [9.17, 15) is 14.7 Å². The van der Waals surface area contributed by atoms with Gasteiger partial charge in [-0.05, 0) is 66.8 Å². The molecule has 0 fully saturated rings. The van der Waals surface area contributed by atoms with Crippen LogP contribution in [0.5, 0.6) is 0 Å². The largest absolute Gasteiger partial charge is 0.478 e. The molecular formula is C24H24N2O3. The first-order chi connectivity index (χ1) is 14.0. The molecule has 3 rings (SSSR count). The highest BCUT2D eigenvalue weighted by Gasteiger charge is 2.08. The van der Waals surface area contributed by atoms with Gasteiger partial charge in [0.05, 0.1) is 11.3 Å². The molecule has 0 unspecified atom stereocenters. The van der Waals surface area contributed by atoms with E-state index in [1.165, 1.54) is 18.1 Å². The van der Waals surface area contributed by atoms with E-state index in [1.807, 2.05) is 42.5 Å². The number of anilines is 3. The molecule has 0 spiro atoms. The second-order valence-corrected chi connectivity index (χ2v) is 6.90. The SMILES string of the molecule is CC(=O)Nc1ccc(CCCc2ccc(Nc3ccccc3C(=O)O)cc2)cc1. The molecule has 0 aromatic heterocycles. The van der Waals surface area contributed by atoms with Crippen molar-refractivity contribution in [2.24, 2.45) is 0 Å². The molecular weight excluding hydrogens is 364 g/mol. The Morgan fingerprint density at radius 1 is 0.793 bits per heavy atom. The summed E-state index contributed by atoms with van der Waals surface area (Å²) in [6, 6.07) is 22.9. The standard InChI is InChI=1S/C24H24N2O3/c1-17(27)25-20-13-9-18(10-14-20)5-4-6-19-11-15-21(16-12-19)26-23-8-3-2-7-22(23)24(28)29/h2-3,7-16,26H,4-6H2,1H3,(H,25,27)(H,28,29). The highest BCUT2D eigenvalue weighted by atomic mass is 16.4. The Morgan fingerprint density at radius 2 is 1.34 bits per heavy atom. The summed E-state index contributed by atoms with van der Waals surface area (Å²) < 4.78 is 0. The lowest BCUT2D eigenvalue weighted by atomic mass is 10.0. The van der Waals surface area contributed by atoms with E-state index < -0.39 is 5.97 Å². The quantitative estimate of drug-likeness (QED) is 0.492. The topological polar surface area (TPSA) is 78.4 Å². The van der Waals surface area contributed by atoms with Crippen LogP contribution in [-0.2, 0) is 17.6 Å². The number of para-hydroxylation sites is 1. The van der Waals surface area contributed by atoms with Crippen molar-refractivity contribution in [1.29, 1.82) is 0 Å². The van der Waals surface area contributed by atoms with E-state index >= 15 is 0 Å². The second-order valence-electron chi connectivity index (χ2n) is 6.90. The van der Waals surface area contributed by atoms with Gasteiger partial charge >= 0.3 is 5.97 Å². The molecule has 0 saturated carbocycles. The first-order valence-corrected chi connectivity index (χ1v) is 9.56. The fraction of sp³-hybridized carbons (Fsp3) is 0.167. The van der Waals surface area contributed by atoms with Crippen molar-refractivity contribution < 1.29 is 14.7 Å². The Balaban J connectivity index is 1.52. The van der Waals surface area contributed by atoms with Crippen LogP contribution in [-0.4, -0.2) is 17.0 Å². The monoisotopic (exact) mass is 388 g/mol. The third-order valence-corrected chi connectivity index (χ3v) is 4.60. The van der Waals surface area contributed by atoms with Gasteiger partial charge in [0.15, 0.2) is 0 Å². The van der Waals surface area contributed by atoms with Crippen LogP contribution in [0.25, 0.3) is 0 Å². The summed E-state index contributed by atoms with van der Waals surface area (Å²) in [7, 11) is 0. The van der Waals surface area contributed by atoms with E-state index in [-0.39, 0.29) is 11.5 Å². The number of carboxylic acid groups (broad SMARTS) is 1. The summed E-state index contributed by atoms with van der Waals surface area (Å²) in [5.41, 5.74) is 4.97. The number of carbonyl (C=O) groups excluding carboxylic acids is 1. The number of nitrogens with one attached hydrogen (secondary N) is 2. The van der Waals surface area contributed by atoms with Crippen LogP contribution in [0.4, 0.5) is 17.1 Å². The third-order valence-electron chi connectivity index (χ3n) is 4.60. The van der Waals surface area contributed by atoms with Crippen molar-refractivity contribution in [1.82, 2.24) is 0 Å². The number of hydrogen-bond acceptors (Lipinski definition) is 3. The smallest absolute Gasteiger partial charge is 0.337 e. The highest BCUT2D eigenvalue weighted by molar-refractivity contribution is 5.95. The first-order valence-electron chi connectivity index (χ1n) is 9.56. The molecule has 0 aliphatic heterocycles. The zero-order valence-corrected chi connectivity index (χ0v) is 16.3. The van der Waals surface area contributed by atoms with Crippen LogP contribution in [0.2, 0.25) is 0 Å². The Hall–Kier alpha value is -3.60. The molecule has 3 N–H and O–H groups in total. The molecule has 0 heterocycles. The summed E-state index contributed by atoms with van der Waals surface area (Å²) in [5.74, 6) is -1.02. The maximum atomic E-state index is 11.3. The fourth-order valence-corrected chi connectivity index (χ4v) is 3.14. The molecule has 3 aromatic carbocycles. The van der Waals surface area contributed by atoms with Crippen LogP contribution in [0.3, 0.4) is 0 Å². The number of carboxylic acids is 1. The van der Waals surface area contributed by atoms with Crippen molar-refractivity contribution in [3.8, 4) is 0 Å². The Morgan fingerprint density at radius 3 is 1.90 bits per heavy atom. The number of aryl methyl sites for hydroxylation is 2. The molecule has 0 aliphatic rings. The predicted octanol–water partition coefficient (Wildman–Crippen LogP) is 5.26. The molecule has 0 radical (unpaired) electrons. The van der Waals surface area contributed by atoms with Crippen molar-refractivity contribution in [3.63, 3.8) is 0 Å². The van der Waals surface area contributed by atoms with Gasteiger partial charge in [-0.2, -0.15) is 0 Å².